The van der Waals surface area contributed by atoms with Crippen molar-refractivity contribution in [2.24, 2.45) is 11.8 Å². The van der Waals surface area contributed by atoms with Gasteiger partial charge in [0.2, 0.25) is 8.39 Å². The number of thiol groups is 2. The summed E-state index contributed by atoms with van der Waals surface area (Å²) in [5, 5.41) is 18.6. The zero-order valence-electron chi connectivity index (χ0n) is 14.5. The Kier molecular flexibility index (Phi) is 14.8. The molecule has 0 heterocycles. The summed E-state index contributed by atoms with van der Waals surface area (Å²) in [6, 6.07) is 0. The normalized spacial score (nSPS) is 22.4. The minimum absolute atomic E-state index is 0.230. The van der Waals surface area contributed by atoms with Crippen LogP contribution in [0.1, 0.15) is 38.5 Å². The molecule has 0 amide bonds. The Morgan fingerprint density at radius 3 is 1.39 bits per heavy atom. The van der Waals surface area contributed by atoms with Crippen LogP contribution in [0.5, 0.6) is 0 Å². The van der Waals surface area contributed by atoms with Crippen LogP contribution < -0.4 is 0 Å². The molecule has 23 heavy (non-hydrogen) atoms. The Morgan fingerprint density at radius 2 is 1.22 bits per heavy atom. The van der Waals surface area contributed by atoms with Crippen molar-refractivity contribution in [2.75, 3.05) is 12.5 Å². The molecule has 0 aromatic heterocycles. The van der Waals surface area contributed by atoms with Gasteiger partial charge >= 0.3 is 31.0 Å². The second kappa shape index (κ2) is 14.2. The molecule has 2 aliphatic carbocycles. The summed E-state index contributed by atoms with van der Waals surface area (Å²) in [5.41, 5.74) is 1.25. The van der Waals surface area contributed by atoms with Crippen molar-refractivity contribution >= 4 is 88.9 Å². The molecule has 2 nitrogen and oxygen atoms in total. The molecule has 2 unspecified atom stereocenters. The molecule has 2 atom stereocenters. The van der Waals surface area contributed by atoms with Crippen LogP contribution in [-0.4, -0.2) is 53.5 Å². The molecule has 0 radical (unpaired) electrons. The van der Waals surface area contributed by atoms with Crippen molar-refractivity contribution in [2.45, 2.75) is 48.4 Å². The quantitative estimate of drug-likeness (QED) is 0.252. The molecule has 2 aliphatic rings. The fourth-order valence-corrected chi connectivity index (χ4v) is 4.11. The number of nitrogens with zero attached hydrogens (tertiary/aromatic N) is 2. The van der Waals surface area contributed by atoms with Crippen LogP contribution >= 0.6 is 23.5 Å². The van der Waals surface area contributed by atoms with E-state index in [1.165, 1.54) is 0 Å². The van der Waals surface area contributed by atoms with Crippen LogP contribution in [0.25, 0.3) is 10.8 Å². The van der Waals surface area contributed by atoms with Crippen molar-refractivity contribution in [3.8, 4) is 0 Å². The predicted octanol–water partition coefficient (Wildman–Crippen LogP) is 3.92. The zero-order chi connectivity index (χ0) is 17.8. The van der Waals surface area contributed by atoms with Gasteiger partial charge in [0.05, 0.1) is 0 Å². The molecule has 0 saturated heterocycles. The van der Waals surface area contributed by atoms with Crippen molar-refractivity contribution in [3.63, 3.8) is 0 Å². The summed E-state index contributed by atoms with van der Waals surface area (Å²) in [5.74, 6) is 0.525. The van der Waals surface area contributed by atoms with Crippen molar-refractivity contribution < 1.29 is 0 Å². The first-order valence-electron chi connectivity index (χ1n) is 7.80. The molecule has 2 fully saturated rings. The Bertz CT molecular complexity index is 388. The van der Waals surface area contributed by atoms with E-state index in [0.29, 0.717) is 11.4 Å². The Hall–Kier alpha value is 1.02. The van der Waals surface area contributed by atoms with Crippen LogP contribution in [0.4, 0.5) is 0 Å². The average Bonchev–Trinajstić information content (AvgIpc) is 3.15. The number of hydrogen-bond donors (Lipinski definition) is 0. The van der Waals surface area contributed by atoms with E-state index >= 15 is 0 Å². The van der Waals surface area contributed by atoms with Gasteiger partial charge in [-0.25, -0.2) is 0 Å². The van der Waals surface area contributed by atoms with Gasteiger partial charge in [-0.15, -0.1) is 0 Å². The molecular formula is C16H28N2S4Sn+2. The second-order valence-corrected chi connectivity index (χ2v) is 11.6. The predicted molar refractivity (Wildman–Crippen MR) is 123 cm³/mol. The van der Waals surface area contributed by atoms with Crippen LogP contribution in [0.3, 0.4) is 0 Å². The summed E-state index contributed by atoms with van der Waals surface area (Å²) in [6.45, 7) is 0. The summed E-state index contributed by atoms with van der Waals surface area (Å²) in [6.07, 6.45) is 10.1. The Morgan fingerprint density at radius 1 is 0.913 bits per heavy atom. The number of rotatable bonds is 2. The van der Waals surface area contributed by atoms with E-state index in [-0.39, 0.29) is 33.0 Å². The van der Waals surface area contributed by atoms with Crippen LogP contribution in [-0.2, 0) is 24.4 Å². The molecule has 0 aliphatic heterocycles. The van der Waals surface area contributed by atoms with E-state index in [0.717, 1.165) is 46.9 Å². The molecule has 7 heteroatoms. The van der Waals surface area contributed by atoms with Crippen LogP contribution in [0.15, 0.2) is 0 Å². The van der Waals surface area contributed by atoms with E-state index in [2.05, 4.69) is 34.3 Å². The van der Waals surface area contributed by atoms with Gasteiger partial charge in [0, 0.05) is 11.8 Å². The van der Waals surface area contributed by atoms with Gasteiger partial charge in [-0.3, -0.25) is 0 Å². The SMILES string of the molecule is CSC(=[SH+])C1CCCC1=[N-].CSC(=[SH+])C1CCCC1=[N-].[CH3][Sn+2][CH3]. The fourth-order valence-electron chi connectivity index (χ4n) is 2.47. The first-order valence-corrected chi connectivity index (χ1v) is 16.8. The van der Waals surface area contributed by atoms with Gasteiger partial charge in [-0.1, -0.05) is 49.2 Å². The Labute approximate surface area is 171 Å². The summed E-state index contributed by atoms with van der Waals surface area (Å²) < 4.78 is 2.10. The third-order valence-corrected chi connectivity index (χ3v) is 6.79. The third-order valence-electron chi connectivity index (χ3n) is 3.67. The molecule has 0 N–H and O–H groups in total. The maximum atomic E-state index is 9.32. The monoisotopic (exact) mass is 496 g/mol. The van der Waals surface area contributed by atoms with Crippen molar-refractivity contribution in [1.82, 2.24) is 0 Å². The standard InChI is InChI=1S/2C7H10NS2.2CH3.Sn/c2*1-10-7(9)5-3-2-4-6(5)8;;;/h2*5H,2-4H2,1H3;2*1H3;/q2*-1;;;+2/p+2. The zero-order valence-corrected chi connectivity index (χ0v) is 20.8. The number of thioether (sulfide) groups is 2. The van der Waals surface area contributed by atoms with Gasteiger partial charge in [-0.2, -0.15) is 11.4 Å². The summed E-state index contributed by atoms with van der Waals surface area (Å²) in [4.78, 5) is 4.59. The molecule has 2 rings (SSSR count). The molecule has 2 saturated carbocycles. The Balaban J connectivity index is 0.000000360. The summed E-state index contributed by atoms with van der Waals surface area (Å²) >= 11 is 12.0. The van der Waals surface area contributed by atoms with Gasteiger partial charge in [0.1, 0.15) is 0 Å². The molecular weight excluding hydrogens is 467 g/mol. The van der Waals surface area contributed by atoms with Crippen molar-refractivity contribution in [1.29, 1.82) is 0 Å². The van der Waals surface area contributed by atoms with Gasteiger partial charge < -0.3 is 10.8 Å². The van der Waals surface area contributed by atoms with E-state index in [1.54, 1.807) is 23.5 Å². The molecule has 0 aromatic carbocycles. The average molecular weight is 495 g/mol. The maximum absolute atomic E-state index is 9.32. The van der Waals surface area contributed by atoms with E-state index < -0.39 is 0 Å². The third kappa shape index (κ3) is 9.33. The second-order valence-electron chi connectivity index (χ2n) is 5.46. The fraction of sp³-hybridized carbons (Fsp3) is 0.750. The molecule has 128 valence electrons. The molecule has 0 aromatic rings. The van der Waals surface area contributed by atoms with Gasteiger partial charge in [0.25, 0.3) is 0 Å². The molecule has 0 bridgehead atoms. The molecule has 0 spiro atoms. The number of hydrogen-bond acceptors (Lipinski definition) is 2. The van der Waals surface area contributed by atoms with Gasteiger partial charge in [0.15, 0.2) is 24.4 Å². The van der Waals surface area contributed by atoms with E-state index in [4.69, 9.17) is 0 Å². The van der Waals surface area contributed by atoms with E-state index in [1.807, 2.05) is 12.5 Å². The van der Waals surface area contributed by atoms with Gasteiger partial charge in [-0.05, 0) is 25.4 Å². The topological polar surface area (TPSA) is 44.6 Å². The summed E-state index contributed by atoms with van der Waals surface area (Å²) in [7, 11) is 0. The van der Waals surface area contributed by atoms with E-state index in [9.17, 15) is 10.8 Å². The van der Waals surface area contributed by atoms with Crippen LogP contribution in [0.2, 0.25) is 9.88 Å². The first kappa shape index (κ1) is 24.0. The first-order chi connectivity index (χ1) is 10.9. The van der Waals surface area contributed by atoms with Crippen LogP contribution in [0, 0.1) is 11.8 Å². The van der Waals surface area contributed by atoms with Crippen molar-refractivity contribution in [3.05, 3.63) is 10.8 Å². The minimum atomic E-state index is 0.230.